The average Bonchev–Trinajstić information content (AvgIpc) is 2.82. The fraction of sp³-hybridized carbons (Fsp3) is 0.667. The first kappa shape index (κ1) is 11.8. The molecule has 7 heteroatoms. The molecule has 0 spiro atoms. The van der Waals surface area contributed by atoms with E-state index >= 15 is 0 Å². The van der Waals surface area contributed by atoms with Crippen molar-refractivity contribution >= 4 is 29.0 Å². The van der Waals surface area contributed by atoms with Gasteiger partial charge in [-0.2, -0.15) is 0 Å². The zero-order valence-electron chi connectivity index (χ0n) is 8.80. The molecule has 1 aliphatic rings. The minimum Gasteiger partial charge on any atom is -0.373 e. The molecule has 2 rings (SSSR count). The first-order chi connectivity index (χ1) is 7.72. The number of aromatic nitrogens is 2. The number of carbonyl (C=O) groups excluding carboxylic acids is 1. The van der Waals surface area contributed by atoms with E-state index in [1.807, 2.05) is 6.92 Å². The summed E-state index contributed by atoms with van der Waals surface area (Å²) < 4.78 is 9.17. The van der Waals surface area contributed by atoms with Gasteiger partial charge in [-0.1, -0.05) is 4.49 Å². The molecular formula is C9H12ClN3O2S. The normalized spacial score (nSPS) is 25.8. The number of hydrogen-bond donors (Lipinski definition) is 0. The Labute approximate surface area is 103 Å². The van der Waals surface area contributed by atoms with Gasteiger partial charge in [-0.3, -0.25) is 4.79 Å². The first-order valence-corrected chi connectivity index (χ1v) is 6.29. The number of carbonyl (C=O) groups is 1. The number of halogens is 1. The fourth-order valence-electron chi connectivity index (χ4n) is 1.60. The van der Waals surface area contributed by atoms with Gasteiger partial charge >= 0.3 is 0 Å². The van der Waals surface area contributed by atoms with Crippen LogP contribution in [0.1, 0.15) is 16.6 Å². The second kappa shape index (κ2) is 5.07. The number of nitrogens with zero attached hydrogens (tertiary/aromatic N) is 3. The average molecular weight is 262 g/mol. The van der Waals surface area contributed by atoms with Crippen LogP contribution >= 0.6 is 23.1 Å². The van der Waals surface area contributed by atoms with Gasteiger partial charge in [-0.05, 0) is 18.5 Å². The summed E-state index contributed by atoms with van der Waals surface area (Å²) in [6.45, 7) is 3.01. The van der Waals surface area contributed by atoms with Gasteiger partial charge in [-0.25, -0.2) is 0 Å². The molecule has 2 heterocycles. The molecule has 0 bridgehead atoms. The summed E-state index contributed by atoms with van der Waals surface area (Å²) in [5, 5.41) is 3.67. The summed E-state index contributed by atoms with van der Waals surface area (Å²) in [6, 6.07) is 0.0640. The molecule has 2 atom stereocenters. The minimum atomic E-state index is -0.0808. The van der Waals surface area contributed by atoms with Crippen LogP contribution in [0, 0.1) is 0 Å². The molecule has 16 heavy (non-hydrogen) atoms. The summed E-state index contributed by atoms with van der Waals surface area (Å²) in [4.78, 5) is 14.4. The monoisotopic (exact) mass is 261 g/mol. The highest BCUT2D eigenvalue weighted by Gasteiger charge is 2.30. The van der Waals surface area contributed by atoms with Crippen molar-refractivity contribution in [1.82, 2.24) is 14.5 Å². The van der Waals surface area contributed by atoms with Crippen molar-refractivity contribution < 1.29 is 9.53 Å². The van der Waals surface area contributed by atoms with Gasteiger partial charge in [0.25, 0.3) is 5.91 Å². The Morgan fingerprint density at radius 1 is 1.81 bits per heavy atom. The topological polar surface area (TPSA) is 55.3 Å². The molecule has 5 nitrogen and oxygen atoms in total. The second-order valence-electron chi connectivity index (χ2n) is 3.70. The number of amides is 1. The predicted molar refractivity (Wildman–Crippen MR) is 60.9 cm³/mol. The van der Waals surface area contributed by atoms with Crippen LogP contribution in [0.15, 0.2) is 6.20 Å². The van der Waals surface area contributed by atoms with Crippen LogP contribution in [0.4, 0.5) is 0 Å². The van der Waals surface area contributed by atoms with Crippen molar-refractivity contribution in [3.8, 4) is 0 Å². The van der Waals surface area contributed by atoms with Crippen molar-refractivity contribution in [3.63, 3.8) is 0 Å². The Kier molecular flexibility index (Phi) is 3.73. The SMILES string of the molecule is CC1COC(CCl)CN1C(=O)c1cnns1. The van der Waals surface area contributed by atoms with E-state index < -0.39 is 0 Å². The number of ether oxygens (including phenoxy) is 1. The zero-order chi connectivity index (χ0) is 11.5. The van der Waals surface area contributed by atoms with E-state index in [4.69, 9.17) is 16.3 Å². The van der Waals surface area contributed by atoms with Crippen LogP contribution in [0.3, 0.4) is 0 Å². The molecule has 1 aliphatic heterocycles. The third-order valence-electron chi connectivity index (χ3n) is 2.51. The summed E-state index contributed by atoms with van der Waals surface area (Å²) in [5.74, 6) is 0.359. The van der Waals surface area contributed by atoms with Crippen LogP contribution in [0.2, 0.25) is 0 Å². The van der Waals surface area contributed by atoms with Gasteiger partial charge in [0, 0.05) is 6.54 Å². The smallest absolute Gasteiger partial charge is 0.267 e. The van der Waals surface area contributed by atoms with Crippen LogP contribution < -0.4 is 0 Å². The van der Waals surface area contributed by atoms with E-state index in [2.05, 4.69) is 9.59 Å². The van der Waals surface area contributed by atoms with Gasteiger partial charge in [0.2, 0.25) is 0 Å². The van der Waals surface area contributed by atoms with Gasteiger partial charge < -0.3 is 9.64 Å². The highest BCUT2D eigenvalue weighted by Crippen LogP contribution is 2.17. The van der Waals surface area contributed by atoms with Crippen molar-refractivity contribution in [2.24, 2.45) is 0 Å². The molecule has 0 N–H and O–H groups in total. The quantitative estimate of drug-likeness (QED) is 0.746. The van der Waals surface area contributed by atoms with Gasteiger partial charge in [0.15, 0.2) is 0 Å². The van der Waals surface area contributed by atoms with Crippen LogP contribution in [0.5, 0.6) is 0 Å². The Morgan fingerprint density at radius 2 is 2.62 bits per heavy atom. The number of rotatable bonds is 2. The van der Waals surface area contributed by atoms with E-state index in [0.717, 1.165) is 11.5 Å². The van der Waals surface area contributed by atoms with Crippen LogP contribution in [-0.2, 0) is 4.74 Å². The number of alkyl halides is 1. The Balaban J connectivity index is 2.09. The molecule has 1 saturated heterocycles. The summed E-state index contributed by atoms with van der Waals surface area (Å²) in [5.41, 5.74) is 0. The molecule has 88 valence electrons. The number of hydrogen-bond acceptors (Lipinski definition) is 5. The first-order valence-electron chi connectivity index (χ1n) is 4.98. The maximum Gasteiger partial charge on any atom is 0.267 e. The van der Waals surface area contributed by atoms with Crippen molar-refractivity contribution in [2.75, 3.05) is 19.0 Å². The summed E-state index contributed by atoms with van der Waals surface area (Å²) in [6.07, 6.45) is 1.41. The van der Waals surface area contributed by atoms with E-state index in [9.17, 15) is 4.79 Å². The van der Waals surface area contributed by atoms with Gasteiger partial charge in [0.05, 0.1) is 30.8 Å². The third-order valence-corrected chi connectivity index (χ3v) is 3.51. The second-order valence-corrected chi connectivity index (χ2v) is 4.79. The van der Waals surface area contributed by atoms with Crippen molar-refractivity contribution in [1.29, 1.82) is 0 Å². The van der Waals surface area contributed by atoms with Crippen molar-refractivity contribution in [3.05, 3.63) is 11.1 Å². The molecular weight excluding hydrogens is 250 g/mol. The van der Waals surface area contributed by atoms with Gasteiger partial charge in [-0.15, -0.1) is 16.7 Å². The Morgan fingerprint density at radius 3 is 3.25 bits per heavy atom. The lowest BCUT2D eigenvalue weighted by Crippen LogP contribution is -2.51. The van der Waals surface area contributed by atoms with Crippen LogP contribution in [0.25, 0.3) is 0 Å². The molecule has 0 radical (unpaired) electrons. The lowest BCUT2D eigenvalue weighted by molar-refractivity contribution is -0.0370. The minimum absolute atomic E-state index is 0.0408. The maximum absolute atomic E-state index is 12.1. The molecule has 1 aromatic rings. The van der Waals surface area contributed by atoms with Crippen molar-refractivity contribution in [2.45, 2.75) is 19.1 Å². The molecule has 0 aromatic carbocycles. The third kappa shape index (κ3) is 2.34. The summed E-state index contributed by atoms with van der Waals surface area (Å²) >= 11 is 6.85. The van der Waals surface area contributed by atoms with E-state index in [-0.39, 0.29) is 18.1 Å². The lowest BCUT2D eigenvalue weighted by Gasteiger charge is -2.37. The number of morpholine rings is 1. The predicted octanol–water partition coefficient (Wildman–Crippen LogP) is 1.01. The molecule has 1 amide bonds. The van der Waals surface area contributed by atoms with Gasteiger partial charge in [0.1, 0.15) is 4.88 Å². The summed E-state index contributed by atoms with van der Waals surface area (Å²) in [7, 11) is 0. The Hall–Kier alpha value is -0.720. The molecule has 1 aromatic heterocycles. The largest absolute Gasteiger partial charge is 0.373 e. The lowest BCUT2D eigenvalue weighted by atomic mass is 10.2. The van der Waals surface area contributed by atoms with E-state index in [1.165, 1.54) is 6.20 Å². The van der Waals surface area contributed by atoms with Crippen LogP contribution in [-0.4, -0.2) is 51.6 Å². The standard InChI is InChI=1S/C9H12ClN3O2S/c1-6-5-15-7(2-10)4-13(6)9(14)8-3-11-12-16-8/h3,6-7H,2,4-5H2,1H3. The fourth-order valence-corrected chi connectivity index (χ4v) is 2.26. The molecule has 0 saturated carbocycles. The molecule has 0 aliphatic carbocycles. The van der Waals surface area contributed by atoms with E-state index in [0.29, 0.717) is 23.9 Å². The molecule has 2 unspecified atom stereocenters. The zero-order valence-corrected chi connectivity index (χ0v) is 10.4. The van der Waals surface area contributed by atoms with E-state index in [1.54, 1.807) is 4.90 Å². The highest BCUT2D eigenvalue weighted by molar-refractivity contribution is 7.07. The highest BCUT2D eigenvalue weighted by atomic mass is 35.5. The molecule has 1 fully saturated rings. The maximum atomic E-state index is 12.1. The Bertz CT molecular complexity index is 360.